The number of anilines is 1. The van der Waals surface area contributed by atoms with E-state index in [4.69, 9.17) is 16.3 Å². The van der Waals surface area contributed by atoms with E-state index in [2.05, 4.69) is 26.6 Å². The first-order valence-corrected chi connectivity index (χ1v) is 8.53. The number of benzene rings is 2. The van der Waals surface area contributed by atoms with Crippen LogP contribution in [0.4, 0.5) is 10.1 Å². The molecule has 4 nitrogen and oxygen atoms in total. The number of carbonyl (C=O) groups excluding carboxylic acids is 1. The maximum atomic E-state index is 12.8. The quantitative estimate of drug-likeness (QED) is 0.706. The topological polar surface area (TPSA) is 50.4 Å². The first-order valence-electron chi connectivity index (χ1n) is 7.36. The van der Waals surface area contributed by atoms with Crippen molar-refractivity contribution in [2.75, 3.05) is 18.5 Å². The lowest BCUT2D eigenvalue weighted by molar-refractivity contribution is -0.119. The predicted octanol–water partition coefficient (Wildman–Crippen LogP) is 4.37. The van der Waals surface area contributed by atoms with Crippen LogP contribution in [-0.4, -0.2) is 19.1 Å². The van der Waals surface area contributed by atoms with E-state index in [-0.39, 0.29) is 18.3 Å². The Morgan fingerprint density at radius 2 is 2.00 bits per heavy atom. The summed E-state index contributed by atoms with van der Waals surface area (Å²) >= 11 is 9.43. The number of hydrogen-bond acceptors (Lipinski definition) is 3. The minimum absolute atomic E-state index is 0.0635. The van der Waals surface area contributed by atoms with Crippen molar-refractivity contribution in [3.63, 3.8) is 0 Å². The number of nitrogens with one attached hydrogen (secondary N) is 2. The molecule has 0 bridgehead atoms. The second-order valence-electron chi connectivity index (χ2n) is 4.95. The van der Waals surface area contributed by atoms with E-state index in [0.717, 1.165) is 5.56 Å². The maximum absolute atomic E-state index is 12.8. The Morgan fingerprint density at radius 3 is 2.67 bits per heavy atom. The van der Waals surface area contributed by atoms with Crippen LogP contribution >= 0.6 is 27.5 Å². The molecule has 0 aliphatic carbocycles. The van der Waals surface area contributed by atoms with Crippen molar-refractivity contribution in [2.45, 2.75) is 13.5 Å². The van der Waals surface area contributed by atoms with Gasteiger partial charge in [0.15, 0.2) is 5.75 Å². The van der Waals surface area contributed by atoms with Crippen LogP contribution in [0.5, 0.6) is 5.75 Å². The van der Waals surface area contributed by atoms with Crippen LogP contribution in [-0.2, 0) is 11.3 Å². The van der Waals surface area contributed by atoms with E-state index < -0.39 is 0 Å². The third kappa shape index (κ3) is 5.39. The van der Waals surface area contributed by atoms with Gasteiger partial charge in [0.1, 0.15) is 5.82 Å². The molecule has 0 fully saturated rings. The highest BCUT2D eigenvalue weighted by atomic mass is 79.9. The Bertz CT molecular complexity index is 710. The zero-order valence-electron chi connectivity index (χ0n) is 13.0. The van der Waals surface area contributed by atoms with Gasteiger partial charge in [-0.3, -0.25) is 4.79 Å². The van der Waals surface area contributed by atoms with Gasteiger partial charge in [0.05, 0.1) is 23.3 Å². The zero-order valence-corrected chi connectivity index (χ0v) is 15.4. The molecule has 0 unspecified atom stereocenters. The fourth-order valence-corrected chi connectivity index (χ4v) is 2.95. The minimum atomic E-state index is -0.304. The molecule has 0 aliphatic heterocycles. The summed E-state index contributed by atoms with van der Waals surface area (Å²) in [5.41, 5.74) is 1.46. The molecule has 2 aromatic rings. The SMILES string of the molecule is CCOc1c(Br)cc(Cl)cc1NCC(=O)NCc1ccc(F)cc1. The molecule has 0 spiro atoms. The van der Waals surface area contributed by atoms with E-state index >= 15 is 0 Å². The van der Waals surface area contributed by atoms with Gasteiger partial charge in [-0.25, -0.2) is 4.39 Å². The van der Waals surface area contributed by atoms with Crippen LogP contribution in [0.15, 0.2) is 40.9 Å². The molecular weight excluding hydrogens is 399 g/mol. The first-order chi connectivity index (χ1) is 11.5. The van der Waals surface area contributed by atoms with E-state index in [1.54, 1.807) is 24.3 Å². The Labute approximate surface area is 153 Å². The van der Waals surface area contributed by atoms with Gasteiger partial charge in [0, 0.05) is 11.6 Å². The molecule has 0 atom stereocenters. The lowest BCUT2D eigenvalue weighted by Gasteiger charge is -2.14. The van der Waals surface area contributed by atoms with Gasteiger partial charge in [0.25, 0.3) is 0 Å². The molecule has 0 heterocycles. The van der Waals surface area contributed by atoms with E-state index in [9.17, 15) is 9.18 Å². The molecule has 0 aliphatic rings. The summed E-state index contributed by atoms with van der Waals surface area (Å²) in [4.78, 5) is 12.0. The second-order valence-corrected chi connectivity index (χ2v) is 6.24. The van der Waals surface area contributed by atoms with E-state index in [0.29, 0.717) is 34.1 Å². The fourth-order valence-electron chi connectivity index (χ4n) is 2.02. The molecule has 7 heteroatoms. The van der Waals surface area contributed by atoms with Crippen molar-refractivity contribution >= 4 is 39.1 Å². The molecule has 2 rings (SSSR count). The Balaban J connectivity index is 1.92. The van der Waals surface area contributed by atoms with Crippen LogP contribution < -0.4 is 15.4 Å². The van der Waals surface area contributed by atoms with Gasteiger partial charge in [-0.2, -0.15) is 0 Å². The van der Waals surface area contributed by atoms with Gasteiger partial charge in [-0.1, -0.05) is 23.7 Å². The minimum Gasteiger partial charge on any atom is -0.491 e. The molecular formula is C17H17BrClFN2O2. The molecule has 128 valence electrons. The molecule has 0 aromatic heterocycles. The molecule has 0 saturated carbocycles. The normalized spacial score (nSPS) is 10.3. The zero-order chi connectivity index (χ0) is 17.5. The highest BCUT2D eigenvalue weighted by Gasteiger charge is 2.11. The third-order valence-electron chi connectivity index (χ3n) is 3.14. The van der Waals surface area contributed by atoms with Gasteiger partial charge in [-0.15, -0.1) is 0 Å². The first kappa shape index (κ1) is 18.5. The number of ether oxygens (including phenoxy) is 1. The summed E-state index contributed by atoms with van der Waals surface area (Å²) in [6, 6.07) is 9.40. The average molecular weight is 416 g/mol. The summed E-state index contributed by atoms with van der Waals surface area (Å²) in [6.45, 7) is 2.76. The summed E-state index contributed by atoms with van der Waals surface area (Å²) in [5.74, 6) is 0.104. The third-order valence-corrected chi connectivity index (χ3v) is 3.95. The summed E-state index contributed by atoms with van der Waals surface area (Å²) in [6.07, 6.45) is 0. The largest absolute Gasteiger partial charge is 0.491 e. The van der Waals surface area contributed by atoms with Crippen LogP contribution in [0, 0.1) is 5.82 Å². The number of carbonyl (C=O) groups is 1. The number of hydrogen-bond donors (Lipinski definition) is 2. The van der Waals surface area contributed by atoms with Crippen LogP contribution in [0.25, 0.3) is 0 Å². The average Bonchev–Trinajstić information content (AvgIpc) is 2.55. The highest BCUT2D eigenvalue weighted by molar-refractivity contribution is 9.10. The second kappa shape index (κ2) is 8.89. The lowest BCUT2D eigenvalue weighted by Crippen LogP contribution is -2.29. The van der Waals surface area contributed by atoms with Crippen LogP contribution in [0.1, 0.15) is 12.5 Å². The van der Waals surface area contributed by atoms with Crippen molar-refractivity contribution in [1.82, 2.24) is 5.32 Å². The van der Waals surface area contributed by atoms with Gasteiger partial charge in [0.2, 0.25) is 5.91 Å². The van der Waals surface area contributed by atoms with Crippen LogP contribution in [0.3, 0.4) is 0 Å². The molecule has 2 aromatic carbocycles. The molecule has 1 amide bonds. The van der Waals surface area contributed by atoms with Gasteiger partial charge < -0.3 is 15.4 Å². The lowest BCUT2D eigenvalue weighted by atomic mass is 10.2. The Kier molecular flexibility index (Phi) is 6.87. The summed E-state index contributed by atoms with van der Waals surface area (Å²) in [5, 5.41) is 6.30. The van der Waals surface area contributed by atoms with Crippen molar-refractivity contribution in [2.24, 2.45) is 0 Å². The number of halogens is 3. The summed E-state index contributed by atoms with van der Waals surface area (Å²) in [7, 11) is 0. The Morgan fingerprint density at radius 1 is 1.29 bits per heavy atom. The van der Waals surface area contributed by atoms with E-state index in [1.165, 1.54) is 12.1 Å². The molecule has 0 saturated heterocycles. The molecule has 24 heavy (non-hydrogen) atoms. The monoisotopic (exact) mass is 414 g/mol. The standard InChI is InChI=1S/C17H17BrClFN2O2/c1-2-24-17-14(18)7-12(19)8-15(17)21-10-16(23)22-9-11-3-5-13(20)6-4-11/h3-8,21H,2,9-10H2,1H3,(H,22,23). The number of rotatable bonds is 7. The molecule has 0 radical (unpaired) electrons. The van der Waals surface area contributed by atoms with Crippen molar-refractivity contribution in [1.29, 1.82) is 0 Å². The van der Waals surface area contributed by atoms with Gasteiger partial charge in [-0.05, 0) is 52.7 Å². The maximum Gasteiger partial charge on any atom is 0.239 e. The van der Waals surface area contributed by atoms with Crippen molar-refractivity contribution in [3.05, 3.63) is 57.3 Å². The summed E-state index contributed by atoms with van der Waals surface area (Å²) < 4.78 is 19.1. The van der Waals surface area contributed by atoms with Crippen molar-refractivity contribution < 1.29 is 13.9 Å². The smallest absolute Gasteiger partial charge is 0.239 e. The number of amides is 1. The van der Waals surface area contributed by atoms with Gasteiger partial charge >= 0.3 is 0 Å². The fraction of sp³-hybridized carbons (Fsp3) is 0.235. The Hall–Kier alpha value is -1.79. The molecule has 2 N–H and O–H groups in total. The highest BCUT2D eigenvalue weighted by Crippen LogP contribution is 2.36. The van der Waals surface area contributed by atoms with E-state index in [1.807, 2.05) is 6.92 Å². The van der Waals surface area contributed by atoms with Crippen molar-refractivity contribution in [3.8, 4) is 5.75 Å². The predicted molar refractivity (Wildman–Crippen MR) is 97.1 cm³/mol. The van der Waals surface area contributed by atoms with Crippen LogP contribution in [0.2, 0.25) is 5.02 Å².